The molecule has 0 bridgehead atoms. The molecule has 12 aromatic carbocycles. The minimum absolute atomic E-state index is 0.560. The van der Waals surface area contributed by atoms with Gasteiger partial charge in [-0.3, -0.25) is 0 Å². The summed E-state index contributed by atoms with van der Waals surface area (Å²) in [4.78, 5) is 0. The second kappa shape index (κ2) is 16.5. The lowest BCUT2D eigenvalue weighted by Crippen LogP contribution is -2.21. The minimum Gasteiger partial charge on any atom is -0.309 e. The van der Waals surface area contributed by atoms with E-state index in [2.05, 4.69) is 265 Å². The highest BCUT2D eigenvalue weighted by molar-refractivity contribution is 6.73. The van der Waals surface area contributed by atoms with Crippen LogP contribution >= 0.6 is 0 Å². The molecule has 1 nitrogen and oxygen atoms in total. The summed E-state index contributed by atoms with van der Waals surface area (Å²) in [5, 5.41) is 10.7. The molecule has 0 N–H and O–H groups in total. The molecule has 0 saturated carbocycles. The van der Waals surface area contributed by atoms with E-state index in [0.29, 0.717) is 0 Å². The van der Waals surface area contributed by atoms with Crippen molar-refractivity contribution < 1.29 is 0 Å². The molecule has 0 unspecified atom stereocenters. The van der Waals surface area contributed by atoms with Gasteiger partial charge in [-0.1, -0.05) is 235 Å². The first-order valence-electron chi connectivity index (χ1n) is 24.3. The molecule has 1 aliphatic heterocycles. The average molecular weight is 904 g/mol. The predicted octanol–water partition coefficient (Wildman–Crippen LogP) is 16.2. The summed E-state index contributed by atoms with van der Waals surface area (Å²) in [6, 6.07) is 96.9. The third-order valence-corrected chi connectivity index (χ3v) is 16.8. The van der Waals surface area contributed by atoms with Crippen LogP contribution in [0.15, 0.2) is 261 Å². The van der Waals surface area contributed by atoms with E-state index in [1.807, 2.05) is 0 Å². The van der Waals surface area contributed by atoms with Gasteiger partial charge in [-0.25, -0.2) is 0 Å². The first-order valence-corrected chi connectivity index (χ1v) is 25.8. The molecule has 1 aromatic heterocycles. The second-order valence-corrected chi connectivity index (χ2v) is 20.7. The Morgan fingerprint density at radius 2 is 0.600 bits per heavy atom. The fourth-order valence-electron chi connectivity index (χ4n) is 11.3. The Balaban J connectivity index is 0.810. The molecule has 326 valence electrons. The van der Waals surface area contributed by atoms with Crippen LogP contribution in [0.5, 0.6) is 0 Å². The van der Waals surface area contributed by atoms with Gasteiger partial charge >= 0.3 is 0 Å². The van der Waals surface area contributed by atoms with E-state index in [0.717, 1.165) is 0 Å². The van der Waals surface area contributed by atoms with Crippen molar-refractivity contribution in [3.05, 3.63) is 261 Å². The Labute approximate surface area is 410 Å². The van der Waals surface area contributed by atoms with E-state index >= 15 is 0 Å². The molecule has 0 spiro atoms. The molecular weight excluding hydrogens is 859 g/mol. The van der Waals surface area contributed by atoms with Gasteiger partial charge in [-0.05, 0) is 136 Å². The molecule has 0 radical (unpaired) electrons. The first kappa shape index (κ1) is 40.3. The van der Waals surface area contributed by atoms with Crippen LogP contribution in [-0.2, 0) is 0 Å². The SMILES string of the molecule is c1ccc2c(c1)[SiH2]c1cc(-n3c4ccc(-c5ccc(-c6ccc(-c7cccc8ccccc78)cc6)cc5)cc4c4cc(-c5ccc(-c6ccc(-c7cccc8ccccc78)cc6)cc5)ccc43)ccc1-2. The quantitative estimate of drug-likeness (QED) is 0.140. The highest BCUT2D eigenvalue weighted by Crippen LogP contribution is 2.39. The van der Waals surface area contributed by atoms with Gasteiger partial charge in [0.15, 0.2) is 0 Å². The van der Waals surface area contributed by atoms with Gasteiger partial charge in [0.2, 0.25) is 0 Å². The standard InChI is InChI=1S/C68H45NSi/c1-3-13-57-50(9-1)11-7-16-59(57)52-31-27-46(28-32-52)44-19-23-48(24-20-44)54-35-39-65-63(41-54)64-42-55(36-40-66(64)69(65)56-37-38-62-61-15-5-6-18-67(61)70-68(62)43-56)49-25-21-45(22-26-49)47-29-33-53(34-30-47)60-17-8-12-51-10-2-4-14-58(51)60/h1-43H,70H2. The number of nitrogens with zero attached hydrogens (tertiary/aromatic N) is 1. The van der Waals surface area contributed by atoms with Crippen LogP contribution in [-0.4, -0.2) is 14.1 Å². The van der Waals surface area contributed by atoms with Gasteiger partial charge in [0.05, 0.1) is 20.6 Å². The average Bonchev–Trinajstić information content (AvgIpc) is 3.97. The van der Waals surface area contributed by atoms with Crippen LogP contribution in [0.2, 0.25) is 0 Å². The molecule has 0 aliphatic carbocycles. The molecule has 2 heteroatoms. The highest BCUT2D eigenvalue weighted by atomic mass is 28.2. The monoisotopic (exact) mass is 903 g/mol. The number of hydrogen-bond acceptors (Lipinski definition) is 0. The molecule has 70 heavy (non-hydrogen) atoms. The summed E-state index contributed by atoms with van der Waals surface area (Å²) in [7, 11) is -0.560. The molecule has 0 amide bonds. The highest BCUT2D eigenvalue weighted by Gasteiger charge is 2.21. The predicted molar refractivity (Wildman–Crippen MR) is 302 cm³/mol. The van der Waals surface area contributed by atoms with Gasteiger partial charge in [0, 0.05) is 16.5 Å². The lowest BCUT2D eigenvalue weighted by Gasteiger charge is -2.11. The van der Waals surface area contributed by atoms with Crippen molar-refractivity contribution in [2.75, 3.05) is 0 Å². The third kappa shape index (κ3) is 6.84. The minimum atomic E-state index is -0.560. The van der Waals surface area contributed by atoms with Crippen LogP contribution in [0.4, 0.5) is 0 Å². The lowest BCUT2D eigenvalue weighted by atomic mass is 9.95. The van der Waals surface area contributed by atoms with Crippen molar-refractivity contribution in [1.82, 2.24) is 4.57 Å². The van der Waals surface area contributed by atoms with E-state index < -0.39 is 9.52 Å². The molecule has 13 aromatic rings. The van der Waals surface area contributed by atoms with E-state index in [1.54, 1.807) is 5.19 Å². The summed E-state index contributed by atoms with van der Waals surface area (Å²) in [5.74, 6) is 0. The van der Waals surface area contributed by atoms with Gasteiger partial charge in [-0.2, -0.15) is 0 Å². The van der Waals surface area contributed by atoms with Crippen molar-refractivity contribution in [1.29, 1.82) is 0 Å². The van der Waals surface area contributed by atoms with Gasteiger partial charge in [0.25, 0.3) is 0 Å². The van der Waals surface area contributed by atoms with Crippen molar-refractivity contribution in [2.24, 2.45) is 0 Å². The van der Waals surface area contributed by atoms with E-state index in [9.17, 15) is 0 Å². The Bertz CT molecular complexity index is 3930. The van der Waals surface area contributed by atoms with Crippen LogP contribution in [0, 0.1) is 0 Å². The third-order valence-electron chi connectivity index (χ3n) is 14.9. The molecule has 0 atom stereocenters. The van der Waals surface area contributed by atoms with E-state index in [1.165, 1.54) is 132 Å². The number of hydrogen-bond donors (Lipinski definition) is 0. The Morgan fingerprint density at radius 1 is 0.229 bits per heavy atom. The molecule has 2 heterocycles. The zero-order valence-electron chi connectivity index (χ0n) is 38.5. The number of benzene rings is 12. The lowest BCUT2D eigenvalue weighted by molar-refractivity contribution is 1.18. The van der Waals surface area contributed by atoms with Crippen LogP contribution in [0.25, 0.3) is 127 Å². The van der Waals surface area contributed by atoms with E-state index in [-0.39, 0.29) is 0 Å². The zero-order chi connectivity index (χ0) is 46.1. The topological polar surface area (TPSA) is 4.93 Å². The maximum Gasteiger partial charge on any atom is 0.0892 e. The largest absolute Gasteiger partial charge is 0.309 e. The normalized spacial score (nSPS) is 12.3. The smallest absolute Gasteiger partial charge is 0.0892 e. The first-order chi connectivity index (χ1) is 34.7. The Morgan fingerprint density at radius 3 is 1.10 bits per heavy atom. The van der Waals surface area contributed by atoms with Gasteiger partial charge in [0.1, 0.15) is 0 Å². The fourth-order valence-corrected chi connectivity index (χ4v) is 13.3. The maximum atomic E-state index is 2.49. The van der Waals surface area contributed by atoms with Gasteiger partial charge in [-0.15, -0.1) is 0 Å². The summed E-state index contributed by atoms with van der Waals surface area (Å²) in [6.07, 6.45) is 0. The summed E-state index contributed by atoms with van der Waals surface area (Å²) in [6.45, 7) is 0. The fraction of sp³-hybridized carbons (Fsp3) is 0. The molecule has 14 rings (SSSR count). The van der Waals surface area contributed by atoms with Crippen LogP contribution in [0.3, 0.4) is 0 Å². The molecular formula is C68H45NSi. The second-order valence-electron chi connectivity index (χ2n) is 18.8. The van der Waals surface area contributed by atoms with Crippen molar-refractivity contribution in [3.63, 3.8) is 0 Å². The summed E-state index contributed by atoms with van der Waals surface area (Å²) < 4.78 is 2.49. The maximum absolute atomic E-state index is 2.49. The van der Waals surface area contributed by atoms with Crippen LogP contribution < -0.4 is 10.4 Å². The van der Waals surface area contributed by atoms with Crippen molar-refractivity contribution in [3.8, 4) is 83.6 Å². The Hall–Kier alpha value is -8.82. The van der Waals surface area contributed by atoms with Gasteiger partial charge < -0.3 is 4.57 Å². The molecule has 0 saturated heterocycles. The van der Waals surface area contributed by atoms with Crippen LogP contribution in [0.1, 0.15) is 0 Å². The Kier molecular flexibility index (Phi) is 9.46. The van der Waals surface area contributed by atoms with Crippen molar-refractivity contribution in [2.45, 2.75) is 0 Å². The number of aromatic nitrogens is 1. The number of rotatable bonds is 7. The zero-order valence-corrected chi connectivity index (χ0v) is 39.9. The summed E-state index contributed by atoms with van der Waals surface area (Å²) >= 11 is 0. The molecule has 1 aliphatic rings. The molecule has 0 fully saturated rings. The van der Waals surface area contributed by atoms with E-state index in [4.69, 9.17) is 0 Å². The summed E-state index contributed by atoms with van der Waals surface area (Å²) in [5.41, 5.74) is 21.2. The van der Waals surface area contributed by atoms with Crippen molar-refractivity contribution >= 4 is 63.2 Å². The number of fused-ring (bicyclic) bond motifs is 8.